The van der Waals surface area contributed by atoms with Gasteiger partial charge in [0.2, 0.25) is 0 Å². The second-order valence-electron chi connectivity index (χ2n) is 10.6. The molecular weight excluding hydrogens is 506 g/mol. The molecule has 0 atom stereocenters. The summed E-state index contributed by atoms with van der Waals surface area (Å²) >= 11 is 0. The summed E-state index contributed by atoms with van der Waals surface area (Å²) in [5.74, 6) is -0.0882. The minimum Gasteiger partial charge on any atom is -0.444 e. The van der Waals surface area contributed by atoms with Crippen LogP contribution in [0.3, 0.4) is 0 Å². The second kappa shape index (κ2) is 12.4. The fraction of sp³-hybridized carbons (Fsp3) is 0.355. The molecule has 40 heavy (non-hydrogen) atoms. The zero-order valence-corrected chi connectivity index (χ0v) is 23.1. The smallest absolute Gasteiger partial charge is 0.414 e. The number of rotatable bonds is 9. The molecule has 0 aromatic heterocycles. The number of carbonyl (C=O) groups is 2. The molecule has 1 saturated heterocycles. The van der Waals surface area contributed by atoms with Crippen molar-refractivity contribution in [1.29, 1.82) is 0 Å². The van der Waals surface area contributed by atoms with Gasteiger partial charge in [-0.2, -0.15) is 0 Å². The quantitative estimate of drug-likeness (QED) is 0.374. The number of hydrogen-bond donors (Lipinski definition) is 2. The maximum absolute atomic E-state index is 13.6. The number of piperidine rings is 1. The highest BCUT2D eigenvalue weighted by molar-refractivity contribution is 5.96. The first-order chi connectivity index (χ1) is 19.4. The summed E-state index contributed by atoms with van der Waals surface area (Å²) in [6, 6.07) is 23.3. The molecule has 0 bridgehead atoms. The lowest BCUT2D eigenvalue weighted by molar-refractivity contribution is 0.0732. The average Bonchev–Trinajstić information content (AvgIpc) is 2.99. The Morgan fingerprint density at radius 2 is 1.70 bits per heavy atom. The van der Waals surface area contributed by atoms with E-state index in [1.165, 1.54) is 0 Å². The van der Waals surface area contributed by atoms with Crippen LogP contribution >= 0.6 is 0 Å². The topological polar surface area (TPSA) is 88.6 Å². The first kappa shape index (κ1) is 27.5. The van der Waals surface area contributed by atoms with Crippen LogP contribution in [0.5, 0.6) is 0 Å². The monoisotopic (exact) mass is 543 g/mol. The summed E-state index contributed by atoms with van der Waals surface area (Å²) in [6.07, 6.45) is 1.21. The molecule has 0 unspecified atom stereocenters. The van der Waals surface area contributed by atoms with Crippen molar-refractivity contribution in [3.05, 3.63) is 89.5 Å². The summed E-state index contributed by atoms with van der Waals surface area (Å²) in [4.78, 5) is 34.1. The summed E-state index contributed by atoms with van der Waals surface area (Å²) in [5, 5.41) is 10.0. The van der Waals surface area contributed by atoms with Crippen molar-refractivity contribution in [3.63, 3.8) is 0 Å². The minimum atomic E-state index is -0.299. The van der Waals surface area contributed by atoms with Crippen molar-refractivity contribution in [1.82, 2.24) is 9.80 Å². The fourth-order valence-electron chi connectivity index (χ4n) is 5.48. The standard InChI is InChI=1S/C31H37N5O4/c1-33(2)18-19-35(21-23-8-4-3-5-9-23)30(37)24-12-13-29(27(20-24)32-39)34-16-14-26(15-17-34)36-28-11-7-6-10-25(28)22-40-31(36)38/h3-13,20,26,32,39H,14-19,21-22H2,1-2H3. The Balaban J connectivity index is 1.29. The average molecular weight is 544 g/mol. The number of benzene rings is 3. The Kier molecular flexibility index (Phi) is 8.52. The van der Waals surface area contributed by atoms with E-state index >= 15 is 0 Å². The molecular formula is C31H37N5O4. The van der Waals surface area contributed by atoms with E-state index in [0.717, 1.165) is 41.9 Å². The van der Waals surface area contributed by atoms with E-state index in [9.17, 15) is 14.8 Å². The van der Waals surface area contributed by atoms with Crippen molar-refractivity contribution in [2.24, 2.45) is 0 Å². The molecule has 2 aliphatic rings. The van der Waals surface area contributed by atoms with E-state index in [0.29, 0.717) is 44.0 Å². The molecule has 2 aliphatic heterocycles. The van der Waals surface area contributed by atoms with Gasteiger partial charge in [0.25, 0.3) is 5.91 Å². The second-order valence-corrected chi connectivity index (χ2v) is 10.6. The molecule has 5 rings (SSSR count). The molecule has 210 valence electrons. The zero-order chi connectivity index (χ0) is 28.1. The lowest BCUT2D eigenvalue weighted by Gasteiger charge is -2.41. The molecule has 2 heterocycles. The zero-order valence-electron chi connectivity index (χ0n) is 23.1. The highest BCUT2D eigenvalue weighted by atomic mass is 16.6. The molecule has 1 fully saturated rings. The normalized spacial score (nSPS) is 15.6. The van der Waals surface area contributed by atoms with Crippen molar-refractivity contribution >= 4 is 29.1 Å². The van der Waals surface area contributed by atoms with Gasteiger partial charge in [0, 0.05) is 49.9 Å². The number of hydrogen-bond acceptors (Lipinski definition) is 7. The summed E-state index contributed by atoms with van der Waals surface area (Å²) in [6.45, 7) is 3.53. The maximum Gasteiger partial charge on any atom is 0.414 e. The number of fused-ring (bicyclic) bond motifs is 1. The number of likely N-dealkylation sites (N-methyl/N-ethyl adjacent to an activating group) is 1. The van der Waals surface area contributed by atoms with Crippen LogP contribution in [0.2, 0.25) is 0 Å². The number of nitrogens with one attached hydrogen (secondary N) is 1. The van der Waals surface area contributed by atoms with Crippen LogP contribution in [0.15, 0.2) is 72.8 Å². The van der Waals surface area contributed by atoms with Gasteiger partial charge in [0.1, 0.15) is 6.61 Å². The van der Waals surface area contributed by atoms with Crippen LogP contribution < -0.4 is 15.3 Å². The Morgan fingerprint density at radius 3 is 2.42 bits per heavy atom. The number of cyclic esters (lactones) is 1. The highest BCUT2D eigenvalue weighted by Crippen LogP contribution is 2.35. The van der Waals surface area contributed by atoms with Crippen molar-refractivity contribution in [2.75, 3.05) is 55.6 Å². The van der Waals surface area contributed by atoms with Crippen LogP contribution in [0.25, 0.3) is 0 Å². The van der Waals surface area contributed by atoms with Crippen LogP contribution in [0, 0.1) is 0 Å². The number of nitrogens with zero attached hydrogens (tertiary/aromatic N) is 4. The van der Waals surface area contributed by atoms with Gasteiger partial charge in [-0.05, 0) is 56.8 Å². The Morgan fingerprint density at radius 1 is 0.975 bits per heavy atom. The van der Waals surface area contributed by atoms with E-state index in [4.69, 9.17) is 4.74 Å². The van der Waals surface area contributed by atoms with Crippen LogP contribution in [0.4, 0.5) is 21.9 Å². The van der Waals surface area contributed by atoms with Gasteiger partial charge in [0.15, 0.2) is 0 Å². The number of anilines is 3. The summed E-state index contributed by atoms with van der Waals surface area (Å²) in [7, 11) is 3.98. The lowest BCUT2D eigenvalue weighted by Crippen LogP contribution is -2.49. The van der Waals surface area contributed by atoms with Gasteiger partial charge in [-0.15, -0.1) is 0 Å². The molecule has 0 radical (unpaired) electrons. The summed E-state index contributed by atoms with van der Waals surface area (Å²) < 4.78 is 5.43. The lowest BCUT2D eigenvalue weighted by atomic mass is 9.99. The van der Waals surface area contributed by atoms with Crippen LogP contribution in [0.1, 0.15) is 34.3 Å². The summed E-state index contributed by atoms with van der Waals surface area (Å²) in [5.41, 5.74) is 7.14. The molecule has 0 saturated carbocycles. The third kappa shape index (κ3) is 6.05. The number of amides is 2. The van der Waals surface area contributed by atoms with Gasteiger partial charge in [-0.1, -0.05) is 48.5 Å². The first-order valence-corrected chi connectivity index (χ1v) is 13.8. The van der Waals surface area contributed by atoms with E-state index in [1.54, 1.807) is 11.0 Å². The molecule has 0 aliphatic carbocycles. The first-order valence-electron chi connectivity index (χ1n) is 13.8. The number of para-hydroxylation sites is 1. The van der Waals surface area contributed by atoms with E-state index in [-0.39, 0.29) is 18.0 Å². The Hall–Kier alpha value is -4.08. The molecule has 2 N–H and O–H groups in total. The van der Waals surface area contributed by atoms with E-state index in [1.807, 2.05) is 85.7 Å². The van der Waals surface area contributed by atoms with E-state index in [2.05, 4.69) is 15.3 Å². The third-order valence-electron chi connectivity index (χ3n) is 7.65. The van der Waals surface area contributed by atoms with Crippen molar-refractivity contribution in [3.8, 4) is 0 Å². The van der Waals surface area contributed by atoms with Crippen LogP contribution in [-0.2, 0) is 17.9 Å². The molecule has 2 amide bonds. The third-order valence-corrected chi connectivity index (χ3v) is 7.65. The molecule has 3 aromatic rings. The largest absolute Gasteiger partial charge is 0.444 e. The molecule has 0 spiro atoms. The van der Waals surface area contributed by atoms with Gasteiger partial charge >= 0.3 is 6.09 Å². The Bertz CT molecular complexity index is 1320. The number of ether oxygens (including phenoxy) is 1. The van der Waals surface area contributed by atoms with Crippen molar-refractivity contribution < 1.29 is 19.5 Å². The van der Waals surface area contributed by atoms with Crippen LogP contribution in [-0.4, -0.2) is 73.3 Å². The SMILES string of the molecule is CN(C)CCN(Cc1ccccc1)C(=O)c1ccc(N2CCC(N3C(=O)OCc4ccccc43)CC2)c(NO)c1. The predicted molar refractivity (Wildman–Crippen MR) is 156 cm³/mol. The maximum atomic E-state index is 13.6. The van der Waals surface area contributed by atoms with Gasteiger partial charge < -0.3 is 19.4 Å². The van der Waals surface area contributed by atoms with Gasteiger partial charge in [0.05, 0.1) is 17.1 Å². The number of carbonyl (C=O) groups excluding carboxylic acids is 2. The van der Waals surface area contributed by atoms with Crippen molar-refractivity contribution in [2.45, 2.75) is 32.0 Å². The minimum absolute atomic E-state index is 0.0276. The molecule has 3 aromatic carbocycles. The molecule has 9 nitrogen and oxygen atoms in total. The Labute approximate surface area is 235 Å². The highest BCUT2D eigenvalue weighted by Gasteiger charge is 2.34. The van der Waals surface area contributed by atoms with Gasteiger partial charge in [-0.3, -0.25) is 20.4 Å². The fourth-order valence-corrected chi connectivity index (χ4v) is 5.48. The predicted octanol–water partition coefficient (Wildman–Crippen LogP) is 4.82. The van der Waals surface area contributed by atoms with E-state index < -0.39 is 0 Å². The van der Waals surface area contributed by atoms with Gasteiger partial charge in [-0.25, -0.2) is 4.79 Å². The molecule has 9 heteroatoms.